The third-order valence-corrected chi connectivity index (χ3v) is 9.43. The molecule has 0 bridgehead atoms. The lowest BCUT2D eigenvalue weighted by Crippen LogP contribution is -3.00. The summed E-state index contributed by atoms with van der Waals surface area (Å²) in [4.78, 5) is 14.7. The molecular weight excluding hydrogens is 588 g/mol. The van der Waals surface area contributed by atoms with Gasteiger partial charge in [0.2, 0.25) is 11.6 Å². The van der Waals surface area contributed by atoms with E-state index >= 15 is 0 Å². The van der Waals surface area contributed by atoms with Crippen LogP contribution in [0.5, 0.6) is 0 Å². The second-order valence-corrected chi connectivity index (χ2v) is 13.4. The number of amides is 1. The summed E-state index contributed by atoms with van der Waals surface area (Å²) >= 11 is 0. The van der Waals surface area contributed by atoms with Crippen LogP contribution in [0.1, 0.15) is 90.2 Å². The highest BCUT2D eigenvalue weighted by atomic mass is 35.5. The average molecular weight is 643 g/mol. The minimum Gasteiger partial charge on any atom is -1.00 e. The molecule has 3 N–H and O–H groups in total. The molecule has 5 nitrogen and oxygen atoms in total. The van der Waals surface area contributed by atoms with Crippen molar-refractivity contribution in [2.45, 2.75) is 89.9 Å². The van der Waals surface area contributed by atoms with Gasteiger partial charge in [-0.1, -0.05) is 99.9 Å². The number of para-hydroxylation sites is 2. The maximum atomic E-state index is 12.2. The van der Waals surface area contributed by atoms with Crippen LogP contribution in [0.15, 0.2) is 96.8 Å². The molecule has 2 aromatic rings. The summed E-state index contributed by atoms with van der Waals surface area (Å²) in [6.07, 6.45) is 23.2. The molecule has 0 fully saturated rings. The summed E-state index contributed by atoms with van der Waals surface area (Å²) in [5.74, 6) is 0.178. The first-order chi connectivity index (χ1) is 21.7. The van der Waals surface area contributed by atoms with Crippen LogP contribution >= 0.6 is 0 Å². The van der Waals surface area contributed by atoms with Crippen molar-refractivity contribution in [3.8, 4) is 0 Å². The van der Waals surface area contributed by atoms with Crippen molar-refractivity contribution in [2.24, 2.45) is 5.73 Å². The van der Waals surface area contributed by atoms with Crippen molar-refractivity contribution >= 4 is 23.0 Å². The Labute approximate surface area is 284 Å². The minimum absolute atomic E-state index is 0. The second kappa shape index (κ2) is 17.5. The molecule has 1 amide bonds. The zero-order chi connectivity index (χ0) is 32.3. The number of hydrogen-bond acceptors (Lipinski definition) is 3. The maximum Gasteiger partial charge on any atom is 0.219 e. The molecule has 0 aliphatic carbocycles. The first-order valence-corrected chi connectivity index (χ1v) is 17.0. The molecule has 4 rings (SSSR count). The summed E-state index contributed by atoms with van der Waals surface area (Å²) in [7, 11) is 2.15. The summed E-state index contributed by atoms with van der Waals surface area (Å²) in [5, 5.41) is 3.08. The molecule has 6 heteroatoms. The molecule has 0 atom stereocenters. The van der Waals surface area contributed by atoms with Crippen LogP contribution in [0.2, 0.25) is 0 Å². The number of carbonyl (C=O) groups excluding carboxylic acids is 1. The van der Waals surface area contributed by atoms with E-state index in [1.165, 1.54) is 33.9 Å². The van der Waals surface area contributed by atoms with E-state index in [0.29, 0.717) is 6.42 Å². The van der Waals surface area contributed by atoms with Gasteiger partial charge in [0.05, 0.1) is 5.41 Å². The highest BCUT2D eigenvalue weighted by molar-refractivity contribution is 6.03. The smallest absolute Gasteiger partial charge is 0.219 e. The number of benzene rings is 2. The number of hydrogen-bond donors (Lipinski definition) is 2. The minimum atomic E-state index is -0.0706. The fraction of sp³-hybridized carbons (Fsp3) is 0.450. The molecule has 2 aromatic carbocycles. The third kappa shape index (κ3) is 8.89. The third-order valence-electron chi connectivity index (χ3n) is 9.43. The molecular formula is C40H55ClN4O. The van der Waals surface area contributed by atoms with E-state index in [9.17, 15) is 4.79 Å². The highest BCUT2D eigenvalue weighted by Gasteiger charge is 2.42. The molecule has 0 unspecified atom stereocenters. The monoisotopic (exact) mass is 642 g/mol. The van der Waals surface area contributed by atoms with E-state index < -0.39 is 0 Å². The Morgan fingerprint density at radius 1 is 0.804 bits per heavy atom. The number of carbonyl (C=O) groups is 1. The Bertz CT molecular complexity index is 1460. The first-order valence-electron chi connectivity index (χ1n) is 17.0. The van der Waals surface area contributed by atoms with Crippen molar-refractivity contribution in [2.75, 3.05) is 31.6 Å². The number of rotatable bonds is 16. The predicted octanol–water partition coefficient (Wildman–Crippen LogP) is 5.24. The number of anilines is 1. The van der Waals surface area contributed by atoms with E-state index in [-0.39, 0.29) is 29.1 Å². The molecule has 2 aliphatic heterocycles. The van der Waals surface area contributed by atoms with Gasteiger partial charge >= 0.3 is 0 Å². The van der Waals surface area contributed by atoms with Gasteiger partial charge in [0.15, 0.2) is 5.71 Å². The van der Waals surface area contributed by atoms with Crippen LogP contribution in [-0.2, 0) is 15.6 Å². The van der Waals surface area contributed by atoms with Crippen LogP contribution < -0.4 is 28.4 Å². The molecule has 0 radical (unpaired) electrons. The van der Waals surface area contributed by atoms with Gasteiger partial charge in [-0.15, -0.1) is 0 Å². The number of nitrogens with two attached hydrogens (primary N) is 1. The Morgan fingerprint density at radius 2 is 1.46 bits per heavy atom. The molecule has 0 saturated carbocycles. The summed E-state index contributed by atoms with van der Waals surface area (Å²) in [6.45, 7) is 11.7. The summed E-state index contributed by atoms with van der Waals surface area (Å²) in [5.41, 5.74) is 13.4. The number of halogens is 1. The van der Waals surface area contributed by atoms with Crippen molar-refractivity contribution in [1.29, 1.82) is 0 Å². The predicted molar refractivity (Wildman–Crippen MR) is 192 cm³/mol. The fourth-order valence-corrected chi connectivity index (χ4v) is 6.84. The molecule has 2 heterocycles. The molecule has 2 aliphatic rings. The number of nitrogens with zero attached hydrogens (tertiary/aromatic N) is 2. The Kier molecular flexibility index (Phi) is 14.1. The largest absolute Gasteiger partial charge is 1.00 e. The molecule has 0 aromatic heterocycles. The molecule has 0 saturated heterocycles. The number of fused-ring (bicyclic) bond motifs is 2. The molecule has 248 valence electrons. The zero-order valence-corrected chi connectivity index (χ0v) is 29.5. The number of nitrogens with one attached hydrogen (secondary N) is 1. The molecule has 46 heavy (non-hydrogen) atoms. The van der Waals surface area contributed by atoms with E-state index in [2.05, 4.69) is 141 Å². The van der Waals surface area contributed by atoms with Gasteiger partial charge in [-0.3, -0.25) is 4.79 Å². The van der Waals surface area contributed by atoms with Gasteiger partial charge in [-0.05, 0) is 63.8 Å². The summed E-state index contributed by atoms with van der Waals surface area (Å²) in [6, 6.07) is 17.4. The van der Waals surface area contributed by atoms with Crippen LogP contribution in [0.25, 0.3) is 0 Å². The number of allylic oxidation sites excluding steroid dienone is 8. The topological polar surface area (TPSA) is 61.4 Å². The van der Waals surface area contributed by atoms with Crippen molar-refractivity contribution in [3.63, 3.8) is 0 Å². The van der Waals surface area contributed by atoms with Gasteiger partial charge in [-0.2, -0.15) is 4.58 Å². The quantitative estimate of drug-likeness (QED) is 0.150. The maximum absolute atomic E-state index is 12.2. The average Bonchev–Trinajstić information content (AvgIpc) is 3.36. The van der Waals surface area contributed by atoms with Gasteiger partial charge in [-0.25, -0.2) is 0 Å². The summed E-state index contributed by atoms with van der Waals surface area (Å²) < 4.78 is 2.30. The van der Waals surface area contributed by atoms with Gasteiger partial charge in [0, 0.05) is 54.0 Å². The lowest BCUT2D eigenvalue weighted by molar-refractivity contribution is -0.401. The SMILES string of the molecule is C[N+]1=C(C=CC=CC=CC=C2N(CCCCCC(=O)NCCCCCCN)c3ccccc3C2(C)C)C(C)(C)c2ccccc21.[Cl-]. The van der Waals surface area contributed by atoms with Crippen LogP contribution in [0.3, 0.4) is 0 Å². The zero-order valence-electron chi connectivity index (χ0n) is 28.7. The van der Waals surface area contributed by atoms with E-state index in [1.807, 2.05) is 0 Å². The van der Waals surface area contributed by atoms with E-state index in [1.54, 1.807) is 0 Å². The Morgan fingerprint density at radius 3 is 2.22 bits per heavy atom. The molecule has 0 spiro atoms. The van der Waals surface area contributed by atoms with Crippen molar-refractivity contribution in [3.05, 3.63) is 108 Å². The Hall–Kier alpha value is -3.41. The van der Waals surface area contributed by atoms with Crippen LogP contribution in [-0.4, -0.2) is 42.9 Å². The van der Waals surface area contributed by atoms with Crippen LogP contribution in [0, 0.1) is 0 Å². The second-order valence-electron chi connectivity index (χ2n) is 13.4. The first kappa shape index (κ1) is 37.1. The number of unbranched alkanes of at least 4 members (excludes halogenated alkanes) is 5. The Balaban J connectivity index is 0.00000576. The van der Waals surface area contributed by atoms with E-state index in [4.69, 9.17) is 5.73 Å². The van der Waals surface area contributed by atoms with Gasteiger partial charge < -0.3 is 28.4 Å². The van der Waals surface area contributed by atoms with Crippen molar-refractivity contribution < 1.29 is 21.8 Å². The normalized spacial score (nSPS) is 17.3. The van der Waals surface area contributed by atoms with Crippen molar-refractivity contribution in [1.82, 2.24) is 5.32 Å². The highest BCUT2D eigenvalue weighted by Crippen LogP contribution is 2.47. The standard InChI is InChI=1S/C40H54N4O.ClH/c1-39(2)32-22-15-17-24-34(32)43(5)36(39)26-12-7-6-8-13-27-37-40(3,4)33-23-16-18-25-35(33)44(37)31-21-11-14-28-38(45)42-30-20-10-9-19-29-41;/h6-8,12-13,15-18,22-27H,9-11,14,19-21,28-31,41H2,1-5H3;1H. The lowest BCUT2D eigenvalue weighted by Gasteiger charge is -2.27. The van der Waals surface area contributed by atoms with Gasteiger partial charge in [0.1, 0.15) is 7.05 Å². The van der Waals surface area contributed by atoms with E-state index in [0.717, 1.165) is 64.6 Å². The fourth-order valence-electron chi connectivity index (χ4n) is 6.84. The van der Waals surface area contributed by atoms with Crippen LogP contribution in [0.4, 0.5) is 11.4 Å². The van der Waals surface area contributed by atoms with Gasteiger partial charge in [0.25, 0.3) is 0 Å². The lowest BCUT2D eigenvalue weighted by atomic mass is 9.81.